The van der Waals surface area contributed by atoms with E-state index in [4.69, 9.17) is 28.9 Å². The van der Waals surface area contributed by atoms with E-state index in [1.54, 1.807) is 6.07 Å². The van der Waals surface area contributed by atoms with Crippen LogP contribution in [0.4, 0.5) is 5.95 Å². The van der Waals surface area contributed by atoms with Crippen LogP contribution in [0.3, 0.4) is 0 Å². The van der Waals surface area contributed by atoms with E-state index >= 15 is 0 Å². The van der Waals surface area contributed by atoms with Crippen LogP contribution in [0.5, 0.6) is 0 Å². The van der Waals surface area contributed by atoms with Crippen LogP contribution in [0.25, 0.3) is 11.4 Å². The van der Waals surface area contributed by atoms with Gasteiger partial charge in [-0.05, 0) is 25.1 Å². The fourth-order valence-electron chi connectivity index (χ4n) is 2.08. The number of carbonyl (C=O) groups excluding carboxylic acids is 1. The molecule has 2 aromatic carbocycles. The molecule has 0 fully saturated rings. The standard InChI is InChI=1S/C16H12Cl2N4O/c1-9-2-4-10(5-3-9)14-20-16(19)22(21-14)15(23)12-7-6-11(17)8-13(12)18/h2-8H,1H3,(H2,19,20,21). The van der Waals surface area contributed by atoms with Crippen molar-refractivity contribution in [2.75, 3.05) is 5.73 Å². The fraction of sp³-hybridized carbons (Fsp3) is 0.0625. The molecular formula is C16H12Cl2N4O. The molecule has 0 radical (unpaired) electrons. The number of hydrogen-bond acceptors (Lipinski definition) is 4. The lowest BCUT2D eigenvalue weighted by molar-refractivity contribution is 0.0948. The Kier molecular flexibility index (Phi) is 4.07. The first-order valence-corrected chi connectivity index (χ1v) is 7.50. The van der Waals surface area contributed by atoms with E-state index in [-0.39, 0.29) is 16.5 Å². The maximum atomic E-state index is 12.6. The Hall–Kier alpha value is -2.37. The highest BCUT2D eigenvalue weighted by molar-refractivity contribution is 6.36. The van der Waals surface area contributed by atoms with Gasteiger partial charge in [0.1, 0.15) is 0 Å². The van der Waals surface area contributed by atoms with Gasteiger partial charge >= 0.3 is 0 Å². The zero-order chi connectivity index (χ0) is 16.6. The summed E-state index contributed by atoms with van der Waals surface area (Å²) in [6, 6.07) is 12.2. The molecule has 0 spiro atoms. The predicted molar refractivity (Wildman–Crippen MR) is 90.8 cm³/mol. The van der Waals surface area contributed by atoms with Crippen molar-refractivity contribution in [3.8, 4) is 11.4 Å². The SMILES string of the molecule is Cc1ccc(-c2nc(N)n(C(=O)c3ccc(Cl)cc3Cl)n2)cc1. The molecule has 0 saturated carbocycles. The predicted octanol–water partition coefficient (Wildman–Crippen LogP) is 3.83. The number of nitrogens with two attached hydrogens (primary N) is 1. The van der Waals surface area contributed by atoms with Gasteiger partial charge in [0.15, 0.2) is 5.82 Å². The van der Waals surface area contributed by atoms with Gasteiger partial charge in [0, 0.05) is 10.6 Å². The van der Waals surface area contributed by atoms with Crippen molar-refractivity contribution in [3.05, 3.63) is 63.6 Å². The minimum atomic E-state index is -0.463. The maximum Gasteiger partial charge on any atom is 0.282 e. The first-order chi connectivity index (χ1) is 11.0. The van der Waals surface area contributed by atoms with Crippen LogP contribution in [0, 0.1) is 6.92 Å². The highest BCUT2D eigenvalue weighted by atomic mass is 35.5. The van der Waals surface area contributed by atoms with Crippen molar-refractivity contribution in [3.63, 3.8) is 0 Å². The molecule has 3 aromatic rings. The second kappa shape index (κ2) is 6.02. The highest BCUT2D eigenvalue weighted by Crippen LogP contribution is 2.23. The number of halogens is 2. The summed E-state index contributed by atoms with van der Waals surface area (Å²) in [6.45, 7) is 1.98. The summed E-state index contributed by atoms with van der Waals surface area (Å²) in [5.41, 5.74) is 7.97. The van der Waals surface area contributed by atoms with Gasteiger partial charge in [-0.1, -0.05) is 53.0 Å². The number of nitrogens with zero attached hydrogens (tertiary/aromatic N) is 3. The van der Waals surface area contributed by atoms with Gasteiger partial charge in [0.05, 0.1) is 10.6 Å². The topological polar surface area (TPSA) is 73.8 Å². The first kappa shape index (κ1) is 15.5. The van der Waals surface area contributed by atoms with E-state index in [0.717, 1.165) is 15.8 Å². The van der Waals surface area contributed by atoms with Crippen molar-refractivity contribution in [1.82, 2.24) is 14.8 Å². The van der Waals surface area contributed by atoms with Gasteiger partial charge in [-0.15, -0.1) is 5.10 Å². The fourth-order valence-corrected chi connectivity index (χ4v) is 2.56. The number of carbonyl (C=O) groups is 1. The van der Waals surface area contributed by atoms with Gasteiger partial charge in [-0.25, -0.2) is 0 Å². The van der Waals surface area contributed by atoms with Crippen LogP contribution in [0.15, 0.2) is 42.5 Å². The molecule has 1 heterocycles. The minimum absolute atomic E-state index is 0.00316. The van der Waals surface area contributed by atoms with Crippen molar-refractivity contribution >= 4 is 35.1 Å². The van der Waals surface area contributed by atoms with Gasteiger partial charge < -0.3 is 5.73 Å². The average molecular weight is 347 g/mol. The lowest BCUT2D eigenvalue weighted by atomic mass is 10.1. The Morgan fingerprint density at radius 2 is 1.83 bits per heavy atom. The number of nitrogen functional groups attached to an aromatic ring is 1. The van der Waals surface area contributed by atoms with E-state index in [1.807, 2.05) is 31.2 Å². The Morgan fingerprint density at radius 1 is 1.13 bits per heavy atom. The molecule has 0 aliphatic rings. The summed E-state index contributed by atoms with van der Waals surface area (Å²) in [6.07, 6.45) is 0. The molecule has 5 nitrogen and oxygen atoms in total. The van der Waals surface area contributed by atoms with Gasteiger partial charge in [0.25, 0.3) is 5.91 Å². The lowest BCUT2D eigenvalue weighted by Gasteiger charge is -2.04. The minimum Gasteiger partial charge on any atom is -0.368 e. The number of anilines is 1. The monoisotopic (exact) mass is 346 g/mol. The van der Waals surface area contributed by atoms with Crippen LogP contribution in [0.1, 0.15) is 15.9 Å². The van der Waals surface area contributed by atoms with E-state index in [0.29, 0.717) is 10.8 Å². The number of aromatic nitrogens is 3. The number of aryl methyl sites for hydroxylation is 1. The molecule has 0 aliphatic carbocycles. The summed E-state index contributed by atoms with van der Waals surface area (Å²) in [7, 11) is 0. The van der Waals surface area contributed by atoms with Crippen molar-refractivity contribution in [2.45, 2.75) is 6.92 Å². The van der Waals surface area contributed by atoms with Crippen molar-refractivity contribution in [1.29, 1.82) is 0 Å². The van der Waals surface area contributed by atoms with E-state index in [2.05, 4.69) is 10.1 Å². The largest absolute Gasteiger partial charge is 0.368 e. The average Bonchev–Trinajstić information content (AvgIpc) is 2.89. The van der Waals surface area contributed by atoms with Crippen LogP contribution in [-0.2, 0) is 0 Å². The van der Waals surface area contributed by atoms with Gasteiger partial charge in [-0.2, -0.15) is 9.67 Å². The summed E-state index contributed by atoms with van der Waals surface area (Å²) in [5.74, 6) is -0.0902. The van der Waals surface area contributed by atoms with E-state index in [9.17, 15) is 4.79 Å². The molecule has 23 heavy (non-hydrogen) atoms. The third kappa shape index (κ3) is 3.06. The molecule has 3 rings (SSSR count). The first-order valence-electron chi connectivity index (χ1n) is 6.75. The summed E-state index contributed by atoms with van der Waals surface area (Å²) >= 11 is 11.9. The van der Waals surface area contributed by atoms with Crippen molar-refractivity contribution < 1.29 is 4.79 Å². The third-order valence-corrected chi connectivity index (χ3v) is 3.84. The van der Waals surface area contributed by atoms with Crippen LogP contribution in [-0.4, -0.2) is 20.7 Å². The summed E-state index contributed by atoms with van der Waals surface area (Å²) < 4.78 is 1.03. The molecule has 2 N–H and O–H groups in total. The van der Waals surface area contributed by atoms with E-state index in [1.165, 1.54) is 12.1 Å². The Bertz CT molecular complexity index is 888. The lowest BCUT2D eigenvalue weighted by Crippen LogP contribution is -2.16. The van der Waals surface area contributed by atoms with Gasteiger partial charge in [-0.3, -0.25) is 4.79 Å². The zero-order valence-corrected chi connectivity index (χ0v) is 13.6. The van der Waals surface area contributed by atoms with Crippen LogP contribution < -0.4 is 5.73 Å². The summed E-state index contributed by atoms with van der Waals surface area (Å²) in [4.78, 5) is 16.7. The van der Waals surface area contributed by atoms with Crippen LogP contribution in [0.2, 0.25) is 10.0 Å². The number of rotatable bonds is 2. The molecule has 0 saturated heterocycles. The molecule has 7 heteroatoms. The molecule has 0 amide bonds. The molecule has 0 unspecified atom stereocenters. The Labute approximate surface area is 142 Å². The normalized spacial score (nSPS) is 10.7. The molecule has 116 valence electrons. The zero-order valence-electron chi connectivity index (χ0n) is 12.1. The molecule has 1 aromatic heterocycles. The quantitative estimate of drug-likeness (QED) is 0.765. The number of hydrogen-bond donors (Lipinski definition) is 1. The summed E-state index contributed by atoms with van der Waals surface area (Å²) in [5, 5.41) is 4.86. The Morgan fingerprint density at radius 3 is 2.48 bits per heavy atom. The molecule has 0 aliphatic heterocycles. The molecule has 0 bridgehead atoms. The second-order valence-electron chi connectivity index (χ2n) is 5.00. The smallest absolute Gasteiger partial charge is 0.282 e. The third-order valence-electron chi connectivity index (χ3n) is 3.30. The van der Waals surface area contributed by atoms with E-state index < -0.39 is 5.91 Å². The van der Waals surface area contributed by atoms with Crippen molar-refractivity contribution in [2.24, 2.45) is 0 Å². The van der Waals surface area contributed by atoms with Crippen LogP contribution >= 0.6 is 23.2 Å². The number of benzene rings is 2. The van der Waals surface area contributed by atoms with Gasteiger partial charge in [0.2, 0.25) is 5.95 Å². The molecule has 0 atom stereocenters. The Balaban J connectivity index is 2.00. The second-order valence-corrected chi connectivity index (χ2v) is 5.84. The highest BCUT2D eigenvalue weighted by Gasteiger charge is 2.19. The molecular weight excluding hydrogens is 335 g/mol. The maximum absolute atomic E-state index is 12.6.